The molecule has 0 N–H and O–H groups in total. The van der Waals surface area contributed by atoms with Crippen molar-refractivity contribution >= 4 is 53.7 Å². The van der Waals surface area contributed by atoms with Gasteiger partial charge in [0.2, 0.25) is 0 Å². The molecule has 8 aromatic rings. The van der Waals surface area contributed by atoms with Gasteiger partial charge in [-0.15, -0.1) is 11.3 Å². The maximum atomic E-state index is 2.43. The molecule has 1 nitrogen and oxygen atoms in total. The minimum Gasteiger partial charge on any atom is -0.311 e. The maximum Gasteiger partial charge on any atom is 0.0467 e. The topological polar surface area (TPSA) is 3.24 Å². The Balaban J connectivity index is 1.09. The first-order chi connectivity index (χ1) is 24.1. The standard InChI is InChI=1S/C47H35NS/c1-47(44-19-10-18-43-42-17-7-8-20-45(42)49-46(43)44)29-27-40(28-30-47)48(41-26-23-34-13-5-6-14-38(34)32-41)39-24-21-35(22-25-39)37-16-9-15-36(31-37)33-11-3-2-4-12-33/h2-29,31-32H,30H2,1H3/t47-/m1/s1. The molecule has 7 aromatic carbocycles. The van der Waals surface area contributed by atoms with Gasteiger partial charge in [-0.25, -0.2) is 0 Å². The van der Waals surface area contributed by atoms with Crippen LogP contribution < -0.4 is 4.90 Å². The molecule has 0 aliphatic heterocycles. The van der Waals surface area contributed by atoms with Gasteiger partial charge in [-0.3, -0.25) is 0 Å². The molecule has 1 aromatic heterocycles. The summed E-state index contributed by atoms with van der Waals surface area (Å²) in [5, 5.41) is 5.19. The predicted octanol–water partition coefficient (Wildman–Crippen LogP) is 13.5. The van der Waals surface area contributed by atoms with Crippen LogP contribution in [0.2, 0.25) is 0 Å². The predicted molar refractivity (Wildman–Crippen MR) is 212 cm³/mol. The molecule has 9 rings (SSSR count). The first-order valence-corrected chi connectivity index (χ1v) is 17.8. The SMILES string of the molecule is C[C@@]1(c2cccc3c2sc2ccccc23)C=CC(N(c2ccc(-c3cccc(-c4ccccc4)c3)cc2)c2ccc3ccccc3c2)=CC1. The molecule has 1 heterocycles. The molecule has 49 heavy (non-hydrogen) atoms. The van der Waals surface area contributed by atoms with E-state index in [9.17, 15) is 0 Å². The van der Waals surface area contributed by atoms with Gasteiger partial charge >= 0.3 is 0 Å². The highest BCUT2D eigenvalue weighted by Gasteiger charge is 2.29. The van der Waals surface area contributed by atoms with Gasteiger partial charge in [-0.1, -0.05) is 146 Å². The van der Waals surface area contributed by atoms with Crippen LogP contribution in [-0.2, 0) is 5.41 Å². The molecule has 1 aliphatic rings. The molecular formula is C47H35NS. The van der Waals surface area contributed by atoms with Gasteiger partial charge in [-0.2, -0.15) is 0 Å². The number of thiophene rings is 1. The fourth-order valence-electron chi connectivity index (χ4n) is 7.36. The normalized spacial score (nSPS) is 15.9. The smallest absolute Gasteiger partial charge is 0.0467 e. The maximum absolute atomic E-state index is 2.43. The van der Waals surface area contributed by atoms with Crippen molar-refractivity contribution in [3.63, 3.8) is 0 Å². The van der Waals surface area contributed by atoms with Crippen LogP contribution in [0.25, 0.3) is 53.2 Å². The highest BCUT2D eigenvalue weighted by molar-refractivity contribution is 7.26. The van der Waals surface area contributed by atoms with E-state index in [1.54, 1.807) is 0 Å². The summed E-state index contributed by atoms with van der Waals surface area (Å²) in [6.45, 7) is 2.38. The molecule has 0 bridgehead atoms. The Kier molecular flexibility index (Phi) is 7.25. The third kappa shape index (κ3) is 5.35. The Bertz CT molecular complexity index is 2540. The third-order valence-electron chi connectivity index (χ3n) is 10.1. The second kappa shape index (κ2) is 12.1. The summed E-state index contributed by atoms with van der Waals surface area (Å²) in [5.74, 6) is 0. The summed E-state index contributed by atoms with van der Waals surface area (Å²) in [6.07, 6.45) is 8.11. The van der Waals surface area contributed by atoms with Crippen LogP contribution in [0.3, 0.4) is 0 Å². The number of nitrogens with zero attached hydrogens (tertiary/aromatic N) is 1. The molecule has 0 unspecified atom stereocenters. The fraction of sp³-hybridized carbons (Fsp3) is 0.0638. The van der Waals surface area contributed by atoms with E-state index < -0.39 is 0 Å². The molecule has 1 atom stereocenters. The number of rotatable bonds is 6. The van der Waals surface area contributed by atoms with Crippen molar-refractivity contribution in [3.05, 3.63) is 193 Å². The number of hydrogen-bond donors (Lipinski definition) is 0. The second-order valence-corrected chi connectivity index (χ2v) is 14.3. The Hall–Kier alpha value is -5.70. The fourth-order valence-corrected chi connectivity index (χ4v) is 8.71. The van der Waals surface area contributed by atoms with Crippen LogP contribution >= 0.6 is 11.3 Å². The second-order valence-electron chi connectivity index (χ2n) is 13.2. The number of hydrogen-bond acceptors (Lipinski definition) is 2. The van der Waals surface area contributed by atoms with Crippen molar-refractivity contribution in [1.29, 1.82) is 0 Å². The molecule has 0 saturated heterocycles. The quantitative estimate of drug-likeness (QED) is 0.174. The Morgan fingerprint density at radius 1 is 0.531 bits per heavy atom. The largest absolute Gasteiger partial charge is 0.311 e. The number of benzene rings is 7. The van der Waals surface area contributed by atoms with Crippen LogP contribution in [0.1, 0.15) is 18.9 Å². The van der Waals surface area contributed by atoms with E-state index >= 15 is 0 Å². The summed E-state index contributed by atoms with van der Waals surface area (Å²) >= 11 is 1.92. The van der Waals surface area contributed by atoms with E-state index in [0.29, 0.717) is 0 Å². The zero-order chi connectivity index (χ0) is 32.8. The molecule has 0 saturated carbocycles. The van der Waals surface area contributed by atoms with Crippen molar-refractivity contribution < 1.29 is 0 Å². The molecular weight excluding hydrogens is 611 g/mol. The third-order valence-corrected chi connectivity index (χ3v) is 11.3. The first-order valence-electron chi connectivity index (χ1n) is 17.0. The number of fused-ring (bicyclic) bond motifs is 4. The lowest BCUT2D eigenvalue weighted by atomic mass is 9.76. The zero-order valence-corrected chi connectivity index (χ0v) is 28.2. The summed E-state index contributed by atoms with van der Waals surface area (Å²) < 4.78 is 2.74. The highest BCUT2D eigenvalue weighted by Crippen LogP contribution is 2.45. The van der Waals surface area contributed by atoms with Gasteiger partial charge in [0.1, 0.15) is 0 Å². The van der Waals surface area contributed by atoms with E-state index in [-0.39, 0.29) is 5.41 Å². The van der Waals surface area contributed by atoms with Crippen molar-refractivity contribution in [2.24, 2.45) is 0 Å². The van der Waals surface area contributed by atoms with Crippen molar-refractivity contribution in [1.82, 2.24) is 0 Å². The van der Waals surface area contributed by atoms with Crippen LogP contribution in [0, 0.1) is 0 Å². The molecule has 0 fully saturated rings. The van der Waals surface area contributed by atoms with Crippen LogP contribution in [-0.4, -0.2) is 0 Å². The highest BCUT2D eigenvalue weighted by atomic mass is 32.1. The van der Waals surface area contributed by atoms with Gasteiger partial charge < -0.3 is 4.90 Å². The summed E-state index contributed by atoms with van der Waals surface area (Å²) in [5.41, 5.74) is 9.67. The van der Waals surface area contributed by atoms with Gasteiger partial charge in [-0.05, 0) is 87.5 Å². The van der Waals surface area contributed by atoms with Crippen LogP contribution in [0.4, 0.5) is 11.4 Å². The lowest BCUT2D eigenvalue weighted by molar-refractivity contribution is 0.601. The molecule has 234 valence electrons. The zero-order valence-electron chi connectivity index (χ0n) is 27.4. The molecule has 0 amide bonds. The van der Waals surface area contributed by atoms with E-state index in [1.807, 2.05) is 11.3 Å². The lowest BCUT2D eigenvalue weighted by Crippen LogP contribution is -2.24. The number of allylic oxidation sites excluding steroid dienone is 3. The van der Waals surface area contributed by atoms with Gasteiger partial charge in [0.15, 0.2) is 0 Å². The Morgan fingerprint density at radius 3 is 1.98 bits per heavy atom. The van der Waals surface area contributed by atoms with Gasteiger partial charge in [0.25, 0.3) is 0 Å². The minimum absolute atomic E-state index is 0.105. The molecule has 2 heteroatoms. The van der Waals surface area contributed by atoms with Crippen molar-refractivity contribution in [2.45, 2.75) is 18.8 Å². The minimum atomic E-state index is -0.105. The summed E-state index contributed by atoms with van der Waals surface area (Å²) in [6, 6.07) is 59.5. The van der Waals surface area contributed by atoms with Crippen LogP contribution in [0.5, 0.6) is 0 Å². The van der Waals surface area contributed by atoms with Crippen molar-refractivity contribution in [2.75, 3.05) is 4.90 Å². The van der Waals surface area contributed by atoms with E-state index in [2.05, 4.69) is 194 Å². The summed E-state index contributed by atoms with van der Waals surface area (Å²) in [7, 11) is 0. The number of anilines is 2. The van der Waals surface area contributed by atoms with Gasteiger partial charge in [0, 0.05) is 42.7 Å². The average molecular weight is 646 g/mol. The Morgan fingerprint density at radius 2 is 1.18 bits per heavy atom. The lowest BCUT2D eigenvalue weighted by Gasteiger charge is -2.33. The van der Waals surface area contributed by atoms with Gasteiger partial charge in [0.05, 0.1) is 0 Å². The van der Waals surface area contributed by atoms with E-state index in [0.717, 1.165) is 17.8 Å². The monoisotopic (exact) mass is 645 g/mol. The molecule has 0 radical (unpaired) electrons. The Labute approximate surface area is 291 Å². The molecule has 1 aliphatic carbocycles. The van der Waals surface area contributed by atoms with Crippen LogP contribution in [0.15, 0.2) is 188 Å². The first kappa shape index (κ1) is 29.4. The van der Waals surface area contributed by atoms with E-state index in [4.69, 9.17) is 0 Å². The van der Waals surface area contributed by atoms with E-state index in [1.165, 1.54) is 64.5 Å². The van der Waals surface area contributed by atoms with Crippen molar-refractivity contribution in [3.8, 4) is 22.3 Å². The summed E-state index contributed by atoms with van der Waals surface area (Å²) in [4.78, 5) is 2.41. The molecule has 0 spiro atoms. The average Bonchev–Trinajstić information content (AvgIpc) is 3.55.